The van der Waals surface area contributed by atoms with Crippen molar-refractivity contribution >= 4 is 11.7 Å². The quantitative estimate of drug-likeness (QED) is 0.587. The van der Waals surface area contributed by atoms with Crippen molar-refractivity contribution in [2.24, 2.45) is 0 Å². The Labute approximate surface area is 122 Å². The van der Waals surface area contributed by atoms with Gasteiger partial charge in [-0.1, -0.05) is 0 Å². The second kappa shape index (κ2) is 6.09. The monoisotopic (exact) mass is 294 g/mol. The Balaban J connectivity index is 2.08. The number of carbonyl (C=O) groups is 1. The highest BCUT2D eigenvalue weighted by Gasteiger charge is 2.29. The van der Waals surface area contributed by atoms with Crippen LogP contribution in [0.15, 0.2) is 12.1 Å². The number of ether oxygens (including phenoxy) is 1. The molecule has 1 aliphatic carbocycles. The molecule has 1 atom stereocenters. The molecule has 0 saturated heterocycles. The lowest BCUT2D eigenvalue weighted by molar-refractivity contribution is -0.385. The molecule has 0 radical (unpaired) electrons. The van der Waals surface area contributed by atoms with Crippen LogP contribution in [0.2, 0.25) is 0 Å². The number of aryl methyl sites for hydroxylation is 2. The van der Waals surface area contributed by atoms with E-state index in [0.717, 1.165) is 18.4 Å². The van der Waals surface area contributed by atoms with Crippen LogP contribution in [-0.2, 0) is 4.79 Å². The Bertz CT molecular complexity index is 569. The highest BCUT2D eigenvalue weighted by Crippen LogP contribution is 2.28. The molecular weight excluding hydrogens is 276 g/mol. The molecule has 0 heterocycles. The molecule has 7 heteroatoms. The van der Waals surface area contributed by atoms with Gasteiger partial charge in [0, 0.05) is 11.6 Å². The molecule has 0 aromatic heterocycles. The van der Waals surface area contributed by atoms with Crippen molar-refractivity contribution in [2.45, 2.75) is 38.8 Å². The zero-order chi connectivity index (χ0) is 15.6. The summed E-state index contributed by atoms with van der Waals surface area (Å²) in [5.41, 5.74) is 1.27. The minimum atomic E-state index is -0.985. The number of nitrogens with zero attached hydrogens (tertiary/aromatic N) is 1. The molecule has 7 nitrogen and oxygen atoms in total. The first-order valence-electron chi connectivity index (χ1n) is 6.75. The van der Waals surface area contributed by atoms with Gasteiger partial charge in [-0.3, -0.25) is 20.2 Å². The molecule has 0 aliphatic heterocycles. The summed E-state index contributed by atoms with van der Waals surface area (Å²) in [6.07, 6.45) is 1.94. The molecular formula is C14H18N2O5. The van der Waals surface area contributed by atoms with Crippen LogP contribution in [0.5, 0.6) is 5.75 Å². The maximum atomic E-state index is 11.1. The van der Waals surface area contributed by atoms with Crippen LogP contribution < -0.4 is 10.1 Å². The van der Waals surface area contributed by atoms with E-state index in [9.17, 15) is 14.9 Å². The van der Waals surface area contributed by atoms with E-state index in [-0.39, 0.29) is 18.3 Å². The molecule has 2 N–H and O–H groups in total. The molecule has 0 amide bonds. The lowest BCUT2D eigenvalue weighted by Gasteiger charge is -2.16. The zero-order valence-electron chi connectivity index (χ0n) is 12.0. The highest BCUT2D eigenvalue weighted by molar-refractivity contribution is 5.73. The topological polar surface area (TPSA) is 102 Å². The Morgan fingerprint density at radius 3 is 2.67 bits per heavy atom. The fourth-order valence-electron chi connectivity index (χ4n) is 2.07. The third kappa shape index (κ3) is 3.91. The molecule has 1 unspecified atom stereocenters. The maximum Gasteiger partial charge on any atom is 0.324 e. The largest absolute Gasteiger partial charge is 0.491 e. The summed E-state index contributed by atoms with van der Waals surface area (Å²) in [6.45, 7) is 3.37. The molecule has 1 aromatic carbocycles. The van der Waals surface area contributed by atoms with Gasteiger partial charge in [0.05, 0.1) is 11.0 Å². The van der Waals surface area contributed by atoms with Gasteiger partial charge >= 0.3 is 5.97 Å². The van der Waals surface area contributed by atoms with Crippen molar-refractivity contribution in [3.8, 4) is 5.75 Å². The van der Waals surface area contributed by atoms with Gasteiger partial charge in [0.25, 0.3) is 5.69 Å². The van der Waals surface area contributed by atoms with Crippen LogP contribution in [0.4, 0.5) is 5.69 Å². The second-order valence-corrected chi connectivity index (χ2v) is 5.30. The van der Waals surface area contributed by atoms with E-state index in [1.165, 1.54) is 6.07 Å². The van der Waals surface area contributed by atoms with Gasteiger partial charge in [0.1, 0.15) is 18.4 Å². The Morgan fingerprint density at radius 2 is 2.14 bits per heavy atom. The Kier molecular flexibility index (Phi) is 4.42. The summed E-state index contributed by atoms with van der Waals surface area (Å²) in [5, 5.41) is 23.0. The van der Waals surface area contributed by atoms with Crippen LogP contribution in [0.1, 0.15) is 24.0 Å². The first-order valence-corrected chi connectivity index (χ1v) is 6.75. The van der Waals surface area contributed by atoms with Crippen LogP contribution in [0, 0.1) is 24.0 Å². The lowest BCUT2D eigenvalue weighted by atomic mass is 10.1. The van der Waals surface area contributed by atoms with Gasteiger partial charge in [-0.05, 0) is 38.3 Å². The van der Waals surface area contributed by atoms with Gasteiger partial charge in [0.2, 0.25) is 0 Å². The average Bonchev–Trinajstić information content (AvgIpc) is 3.19. The first kappa shape index (κ1) is 15.2. The fraction of sp³-hybridized carbons (Fsp3) is 0.500. The number of nitro groups is 1. The van der Waals surface area contributed by atoms with E-state index >= 15 is 0 Å². The number of nitrogens with one attached hydrogen (secondary N) is 1. The van der Waals surface area contributed by atoms with Gasteiger partial charge in [-0.2, -0.15) is 0 Å². The summed E-state index contributed by atoms with van der Waals surface area (Å²) in [4.78, 5) is 21.6. The molecule has 21 heavy (non-hydrogen) atoms. The number of hydrogen-bond acceptors (Lipinski definition) is 5. The highest BCUT2D eigenvalue weighted by atomic mass is 16.6. The molecule has 0 spiro atoms. The van der Waals surface area contributed by atoms with Crippen LogP contribution in [0.3, 0.4) is 0 Å². The van der Waals surface area contributed by atoms with E-state index < -0.39 is 16.9 Å². The molecule has 1 aromatic rings. The Hall–Kier alpha value is -2.15. The summed E-state index contributed by atoms with van der Waals surface area (Å²) >= 11 is 0. The normalized spacial score (nSPS) is 15.5. The number of carboxylic acids is 1. The van der Waals surface area contributed by atoms with Crippen molar-refractivity contribution < 1.29 is 19.6 Å². The number of hydrogen-bond donors (Lipinski definition) is 2. The van der Waals surface area contributed by atoms with Gasteiger partial charge in [0.15, 0.2) is 0 Å². The standard InChI is InChI=1S/C14H18N2O5/c1-8-5-9(2)13(6-12(8)16(19)20)21-7-11(14(17)18)15-10-3-4-10/h5-6,10-11,15H,3-4,7H2,1-2H3,(H,17,18). The van der Waals surface area contributed by atoms with E-state index in [1.54, 1.807) is 19.9 Å². The number of aliphatic carboxylic acids is 1. The third-order valence-corrected chi connectivity index (χ3v) is 3.41. The van der Waals surface area contributed by atoms with Crippen molar-refractivity contribution in [1.82, 2.24) is 5.32 Å². The minimum Gasteiger partial charge on any atom is -0.491 e. The molecule has 114 valence electrons. The van der Waals surface area contributed by atoms with E-state index in [0.29, 0.717) is 11.3 Å². The van der Waals surface area contributed by atoms with Gasteiger partial charge in [-0.15, -0.1) is 0 Å². The lowest BCUT2D eigenvalue weighted by Crippen LogP contribution is -2.42. The van der Waals surface area contributed by atoms with E-state index in [1.807, 2.05) is 0 Å². The van der Waals surface area contributed by atoms with Gasteiger partial charge < -0.3 is 9.84 Å². The van der Waals surface area contributed by atoms with E-state index in [4.69, 9.17) is 9.84 Å². The van der Waals surface area contributed by atoms with Crippen molar-refractivity contribution in [2.75, 3.05) is 6.61 Å². The molecule has 1 saturated carbocycles. The number of carboxylic acid groups (broad SMARTS) is 1. The minimum absolute atomic E-state index is 0.0300. The predicted octanol–water partition coefficient (Wildman–Crippen LogP) is 1.80. The smallest absolute Gasteiger partial charge is 0.324 e. The SMILES string of the molecule is Cc1cc(C)c([N+](=O)[O-])cc1OCC(NC1CC1)C(=O)O. The second-order valence-electron chi connectivity index (χ2n) is 5.30. The fourth-order valence-corrected chi connectivity index (χ4v) is 2.07. The van der Waals surface area contributed by atoms with E-state index in [2.05, 4.69) is 5.32 Å². The van der Waals surface area contributed by atoms with Crippen LogP contribution in [0.25, 0.3) is 0 Å². The van der Waals surface area contributed by atoms with Crippen LogP contribution in [-0.4, -0.2) is 34.7 Å². The van der Waals surface area contributed by atoms with Gasteiger partial charge in [-0.25, -0.2) is 0 Å². The maximum absolute atomic E-state index is 11.1. The molecule has 1 aliphatic rings. The van der Waals surface area contributed by atoms with Crippen molar-refractivity contribution in [3.63, 3.8) is 0 Å². The zero-order valence-corrected chi connectivity index (χ0v) is 12.0. The third-order valence-electron chi connectivity index (χ3n) is 3.41. The molecule has 2 rings (SSSR count). The van der Waals surface area contributed by atoms with Crippen molar-refractivity contribution in [1.29, 1.82) is 0 Å². The number of rotatable bonds is 7. The molecule has 0 bridgehead atoms. The summed E-state index contributed by atoms with van der Waals surface area (Å²) < 4.78 is 5.49. The number of benzene rings is 1. The summed E-state index contributed by atoms with van der Waals surface area (Å²) in [5.74, 6) is -0.641. The van der Waals surface area contributed by atoms with Crippen molar-refractivity contribution in [3.05, 3.63) is 33.4 Å². The first-order chi connectivity index (χ1) is 9.88. The summed E-state index contributed by atoms with van der Waals surface area (Å²) in [7, 11) is 0. The van der Waals surface area contributed by atoms with Crippen LogP contribution >= 0.6 is 0 Å². The predicted molar refractivity (Wildman–Crippen MR) is 75.6 cm³/mol. The number of nitro benzene ring substituents is 1. The summed E-state index contributed by atoms with van der Waals surface area (Å²) in [6, 6.07) is 2.44. The molecule has 1 fully saturated rings. The average molecular weight is 294 g/mol. The Morgan fingerprint density at radius 1 is 1.48 bits per heavy atom.